The predicted molar refractivity (Wildman–Crippen MR) is 92.0 cm³/mol. The minimum absolute atomic E-state index is 0.0242. The van der Waals surface area contributed by atoms with Crippen LogP contribution in [0.1, 0.15) is 75.0 Å². The van der Waals surface area contributed by atoms with Gasteiger partial charge in [0.25, 0.3) is 0 Å². The molecule has 0 unspecified atom stereocenters. The first-order valence-corrected chi connectivity index (χ1v) is 8.85. The van der Waals surface area contributed by atoms with Gasteiger partial charge in [-0.25, -0.2) is 5.43 Å². The van der Waals surface area contributed by atoms with Gasteiger partial charge in [-0.15, -0.1) is 11.3 Å². The number of unbranched alkanes of at least 4 members (excludes halogenated alkanes) is 6. The minimum atomic E-state index is 0.0242. The second-order valence-corrected chi connectivity index (χ2v) is 6.80. The second-order valence-electron chi connectivity index (χ2n) is 5.51. The lowest BCUT2D eigenvalue weighted by Gasteiger charge is -2.02. The average molecular weight is 308 g/mol. The van der Waals surface area contributed by atoms with Crippen molar-refractivity contribution in [2.45, 2.75) is 72.1 Å². The molecule has 0 aromatic carbocycles. The van der Waals surface area contributed by atoms with E-state index < -0.39 is 0 Å². The molecule has 0 bridgehead atoms. The summed E-state index contributed by atoms with van der Waals surface area (Å²) in [5.74, 6) is 0.0242. The monoisotopic (exact) mass is 308 g/mol. The fourth-order valence-corrected chi connectivity index (χ4v) is 2.94. The molecular weight excluding hydrogens is 280 g/mol. The molecule has 0 aliphatic heterocycles. The van der Waals surface area contributed by atoms with Crippen LogP contribution in [0.4, 0.5) is 0 Å². The fraction of sp³-hybridized carbons (Fsp3) is 0.647. The summed E-state index contributed by atoms with van der Waals surface area (Å²) < 4.78 is 0. The third-order valence-corrected chi connectivity index (χ3v) is 4.56. The van der Waals surface area contributed by atoms with Crippen molar-refractivity contribution in [3.8, 4) is 0 Å². The van der Waals surface area contributed by atoms with Gasteiger partial charge in [0.05, 0.1) is 10.6 Å². The van der Waals surface area contributed by atoms with Crippen molar-refractivity contribution >= 4 is 23.0 Å². The number of rotatable bonds is 10. The largest absolute Gasteiger partial charge is 0.273 e. The minimum Gasteiger partial charge on any atom is -0.273 e. The molecule has 0 spiro atoms. The lowest BCUT2D eigenvalue weighted by atomic mass is 10.1. The van der Waals surface area contributed by atoms with Crippen LogP contribution in [-0.2, 0) is 4.79 Å². The third kappa shape index (κ3) is 8.00. The van der Waals surface area contributed by atoms with Gasteiger partial charge < -0.3 is 0 Å². The maximum atomic E-state index is 11.7. The molecule has 1 heterocycles. The molecule has 0 saturated carbocycles. The summed E-state index contributed by atoms with van der Waals surface area (Å²) in [6, 6.07) is 4.11. The maximum absolute atomic E-state index is 11.7. The molecule has 0 atom stereocenters. The molecule has 1 aromatic heterocycles. The molecule has 0 fully saturated rings. The van der Waals surface area contributed by atoms with E-state index in [1.54, 1.807) is 11.3 Å². The fourth-order valence-electron chi connectivity index (χ4n) is 2.13. The van der Waals surface area contributed by atoms with Crippen molar-refractivity contribution in [1.29, 1.82) is 0 Å². The molecule has 21 heavy (non-hydrogen) atoms. The first kappa shape index (κ1) is 17.9. The summed E-state index contributed by atoms with van der Waals surface area (Å²) in [4.78, 5) is 14.1. The Labute approximate surface area is 132 Å². The molecule has 0 radical (unpaired) electrons. The van der Waals surface area contributed by atoms with Gasteiger partial charge in [0.2, 0.25) is 5.91 Å². The Morgan fingerprint density at radius 3 is 2.43 bits per heavy atom. The Kier molecular flexibility index (Phi) is 8.99. The van der Waals surface area contributed by atoms with Gasteiger partial charge in [0.1, 0.15) is 0 Å². The van der Waals surface area contributed by atoms with Crippen LogP contribution in [0.5, 0.6) is 0 Å². The summed E-state index contributed by atoms with van der Waals surface area (Å²) in [5, 5.41) is 4.17. The molecule has 3 nitrogen and oxygen atoms in total. The van der Waals surface area contributed by atoms with Crippen LogP contribution in [0.25, 0.3) is 0 Å². The third-order valence-electron chi connectivity index (χ3n) is 3.45. The number of nitrogens with zero attached hydrogens (tertiary/aromatic N) is 1. The molecule has 0 aliphatic rings. The van der Waals surface area contributed by atoms with Crippen molar-refractivity contribution in [3.63, 3.8) is 0 Å². The normalized spacial score (nSPS) is 11.7. The summed E-state index contributed by atoms with van der Waals surface area (Å²) in [7, 11) is 0. The van der Waals surface area contributed by atoms with E-state index >= 15 is 0 Å². The Morgan fingerprint density at radius 1 is 1.14 bits per heavy atom. The molecule has 0 saturated heterocycles. The zero-order valence-corrected chi connectivity index (χ0v) is 14.4. The number of carbonyl (C=O) groups is 1. The molecule has 118 valence electrons. The van der Waals surface area contributed by atoms with E-state index in [0.717, 1.165) is 23.4 Å². The number of thiophene rings is 1. The maximum Gasteiger partial charge on any atom is 0.240 e. The van der Waals surface area contributed by atoms with Crippen LogP contribution in [0, 0.1) is 6.92 Å². The number of nitrogens with one attached hydrogen (secondary N) is 1. The molecule has 4 heteroatoms. The van der Waals surface area contributed by atoms with Crippen LogP contribution in [0.3, 0.4) is 0 Å². The van der Waals surface area contributed by atoms with Crippen LogP contribution < -0.4 is 5.43 Å². The molecule has 1 N–H and O–H groups in total. The first-order valence-electron chi connectivity index (χ1n) is 8.03. The number of hydrogen-bond acceptors (Lipinski definition) is 3. The standard InChI is InChI=1S/C17H28N2OS/c1-4-5-6-7-8-9-10-11-17(20)19-18-15(3)16-13-12-14(2)21-16/h12-13H,4-11H2,1-3H3,(H,19,20)/b18-15+. The van der Waals surface area contributed by atoms with Gasteiger partial charge in [-0.1, -0.05) is 45.4 Å². The van der Waals surface area contributed by atoms with Crippen LogP contribution in [0.2, 0.25) is 0 Å². The highest BCUT2D eigenvalue weighted by atomic mass is 32.1. The van der Waals surface area contributed by atoms with Gasteiger partial charge in [0, 0.05) is 11.3 Å². The van der Waals surface area contributed by atoms with E-state index in [4.69, 9.17) is 0 Å². The van der Waals surface area contributed by atoms with Crippen molar-refractivity contribution in [1.82, 2.24) is 5.43 Å². The van der Waals surface area contributed by atoms with E-state index in [0.29, 0.717) is 6.42 Å². The molecular formula is C17H28N2OS. The summed E-state index contributed by atoms with van der Waals surface area (Å²) >= 11 is 1.70. The Balaban J connectivity index is 2.13. The summed E-state index contributed by atoms with van der Waals surface area (Å²) in [6.45, 7) is 6.23. The van der Waals surface area contributed by atoms with Crippen LogP contribution in [-0.4, -0.2) is 11.6 Å². The molecule has 1 amide bonds. The van der Waals surface area contributed by atoms with Gasteiger partial charge in [0.15, 0.2) is 0 Å². The van der Waals surface area contributed by atoms with E-state index in [1.165, 1.54) is 37.0 Å². The van der Waals surface area contributed by atoms with E-state index in [2.05, 4.69) is 30.4 Å². The van der Waals surface area contributed by atoms with Crippen molar-refractivity contribution in [3.05, 3.63) is 21.9 Å². The molecule has 1 rings (SSSR count). The lowest BCUT2D eigenvalue weighted by Crippen LogP contribution is -2.18. The molecule has 1 aromatic rings. The van der Waals surface area contributed by atoms with Crippen LogP contribution >= 0.6 is 11.3 Å². The summed E-state index contributed by atoms with van der Waals surface area (Å²) in [5.41, 5.74) is 3.53. The van der Waals surface area contributed by atoms with Crippen molar-refractivity contribution in [2.75, 3.05) is 0 Å². The van der Waals surface area contributed by atoms with Gasteiger partial charge in [-0.2, -0.15) is 5.10 Å². The highest BCUT2D eigenvalue weighted by molar-refractivity contribution is 7.14. The quantitative estimate of drug-likeness (QED) is 0.367. The Hall–Kier alpha value is -1.16. The van der Waals surface area contributed by atoms with Crippen LogP contribution in [0.15, 0.2) is 17.2 Å². The van der Waals surface area contributed by atoms with E-state index in [-0.39, 0.29) is 5.91 Å². The van der Waals surface area contributed by atoms with Crippen molar-refractivity contribution in [2.24, 2.45) is 5.10 Å². The highest BCUT2D eigenvalue weighted by Crippen LogP contribution is 2.15. The Bertz CT molecular complexity index is 451. The average Bonchev–Trinajstić information content (AvgIpc) is 2.90. The first-order chi connectivity index (χ1) is 10.1. The zero-order chi connectivity index (χ0) is 15.5. The SMILES string of the molecule is CCCCCCCCCC(=O)N/N=C(\C)c1ccc(C)s1. The number of amides is 1. The zero-order valence-electron chi connectivity index (χ0n) is 13.6. The highest BCUT2D eigenvalue weighted by Gasteiger charge is 2.03. The molecule has 0 aliphatic carbocycles. The van der Waals surface area contributed by atoms with Crippen molar-refractivity contribution < 1.29 is 4.79 Å². The summed E-state index contributed by atoms with van der Waals surface area (Å²) in [6.07, 6.45) is 9.16. The predicted octanol–water partition coefficient (Wildman–Crippen LogP) is 5.04. The number of hydrazone groups is 1. The number of hydrogen-bond donors (Lipinski definition) is 1. The Morgan fingerprint density at radius 2 is 1.81 bits per heavy atom. The van der Waals surface area contributed by atoms with E-state index in [1.807, 2.05) is 13.0 Å². The van der Waals surface area contributed by atoms with Gasteiger partial charge in [-0.05, 0) is 32.4 Å². The number of carbonyl (C=O) groups excluding carboxylic acids is 1. The second kappa shape index (κ2) is 10.6. The number of aryl methyl sites for hydroxylation is 1. The van der Waals surface area contributed by atoms with Gasteiger partial charge >= 0.3 is 0 Å². The lowest BCUT2D eigenvalue weighted by molar-refractivity contribution is -0.121. The van der Waals surface area contributed by atoms with E-state index in [9.17, 15) is 4.79 Å². The smallest absolute Gasteiger partial charge is 0.240 e. The topological polar surface area (TPSA) is 41.5 Å². The van der Waals surface area contributed by atoms with Gasteiger partial charge in [-0.3, -0.25) is 4.79 Å².